The molecule has 1 fully saturated rings. The van der Waals surface area contributed by atoms with Crippen LogP contribution in [0, 0.1) is 13.8 Å². The third kappa shape index (κ3) is 3.69. The fraction of sp³-hybridized carbons (Fsp3) is 0.364. The van der Waals surface area contributed by atoms with Gasteiger partial charge in [-0.05, 0) is 37.1 Å². The average Bonchev–Trinajstić information content (AvgIpc) is 3.14. The number of amides is 1. The topological polar surface area (TPSA) is 45.7 Å². The van der Waals surface area contributed by atoms with Crippen molar-refractivity contribution in [2.75, 3.05) is 38.2 Å². The Morgan fingerprint density at radius 3 is 2.64 bits per heavy atom. The van der Waals surface area contributed by atoms with Gasteiger partial charge in [-0.15, -0.1) is 0 Å². The molecule has 28 heavy (non-hydrogen) atoms. The number of nitrogens with zero attached hydrogens (tertiary/aromatic N) is 3. The number of rotatable bonds is 4. The SMILES string of the molecule is COc1cccc2sc(N3CCN(C(=O)Cc4ccc(C)cc4C)CC3)nc12. The minimum absolute atomic E-state index is 0.206. The zero-order valence-corrected chi connectivity index (χ0v) is 17.4. The van der Waals surface area contributed by atoms with Gasteiger partial charge < -0.3 is 14.5 Å². The standard InChI is InChI=1S/C22H25N3O2S/c1-15-7-8-17(16(2)13-15)14-20(26)24-9-11-25(12-10-24)22-23-21-18(27-3)5-4-6-19(21)28-22/h4-8,13H,9-12,14H2,1-3H3. The zero-order chi connectivity index (χ0) is 19.7. The molecular formula is C22H25N3O2S. The van der Waals surface area contributed by atoms with E-state index in [4.69, 9.17) is 9.72 Å². The van der Waals surface area contributed by atoms with E-state index in [1.54, 1.807) is 18.4 Å². The summed E-state index contributed by atoms with van der Waals surface area (Å²) in [4.78, 5) is 21.8. The Morgan fingerprint density at radius 2 is 1.93 bits per heavy atom. The Bertz CT molecular complexity index is 1010. The first-order valence-electron chi connectivity index (χ1n) is 9.57. The van der Waals surface area contributed by atoms with Crippen molar-refractivity contribution in [1.82, 2.24) is 9.88 Å². The summed E-state index contributed by atoms with van der Waals surface area (Å²) in [7, 11) is 1.67. The van der Waals surface area contributed by atoms with Gasteiger partial charge in [-0.1, -0.05) is 41.2 Å². The van der Waals surface area contributed by atoms with Crippen LogP contribution in [0.15, 0.2) is 36.4 Å². The molecule has 1 saturated heterocycles. The van der Waals surface area contributed by atoms with Crippen molar-refractivity contribution in [3.05, 3.63) is 53.1 Å². The molecule has 0 unspecified atom stereocenters. The number of carbonyl (C=O) groups excluding carboxylic acids is 1. The second-order valence-corrected chi connectivity index (χ2v) is 8.29. The molecule has 0 N–H and O–H groups in total. The largest absolute Gasteiger partial charge is 0.494 e. The molecule has 4 rings (SSSR count). The summed E-state index contributed by atoms with van der Waals surface area (Å²) in [6, 6.07) is 12.3. The maximum atomic E-state index is 12.8. The molecule has 1 aliphatic rings. The smallest absolute Gasteiger partial charge is 0.227 e. The van der Waals surface area contributed by atoms with Gasteiger partial charge in [0.1, 0.15) is 11.3 Å². The first-order chi connectivity index (χ1) is 13.5. The summed E-state index contributed by atoms with van der Waals surface area (Å²) in [5.41, 5.74) is 4.46. The minimum Gasteiger partial charge on any atom is -0.494 e. The van der Waals surface area contributed by atoms with Crippen LogP contribution in [0.25, 0.3) is 10.2 Å². The van der Waals surface area contributed by atoms with Gasteiger partial charge in [0.2, 0.25) is 5.91 Å². The van der Waals surface area contributed by atoms with Crippen LogP contribution < -0.4 is 9.64 Å². The highest BCUT2D eigenvalue weighted by molar-refractivity contribution is 7.22. The lowest BCUT2D eigenvalue weighted by atomic mass is 10.0. The molecule has 2 aromatic carbocycles. The monoisotopic (exact) mass is 395 g/mol. The molecular weight excluding hydrogens is 370 g/mol. The zero-order valence-electron chi connectivity index (χ0n) is 16.6. The van der Waals surface area contributed by atoms with Crippen LogP contribution in [-0.4, -0.2) is 49.1 Å². The Balaban J connectivity index is 1.41. The molecule has 5 nitrogen and oxygen atoms in total. The van der Waals surface area contributed by atoms with Gasteiger partial charge in [0.15, 0.2) is 5.13 Å². The number of fused-ring (bicyclic) bond motifs is 1. The lowest BCUT2D eigenvalue weighted by Gasteiger charge is -2.34. The molecule has 0 aliphatic carbocycles. The van der Waals surface area contributed by atoms with Crippen molar-refractivity contribution in [1.29, 1.82) is 0 Å². The number of thiazole rings is 1. The number of benzene rings is 2. The number of carbonyl (C=O) groups is 1. The summed E-state index contributed by atoms with van der Waals surface area (Å²) < 4.78 is 6.55. The van der Waals surface area contributed by atoms with E-state index in [1.807, 2.05) is 17.0 Å². The predicted octanol–water partition coefficient (Wildman–Crippen LogP) is 3.81. The number of ether oxygens (including phenoxy) is 1. The molecule has 3 aromatic rings. The molecule has 2 heterocycles. The van der Waals surface area contributed by atoms with Crippen LogP contribution in [0.4, 0.5) is 5.13 Å². The van der Waals surface area contributed by atoms with E-state index in [0.29, 0.717) is 6.42 Å². The van der Waals surface area contributed by atoms with E-state index in [1.165, 1.54) is 11.1 Å². The maximum Gasteiger partial charge on any atom is 0.227 e. The molecule has 0 bridgehead atoms. The number of hydrogen-bond donors (Lipinski definition) is 0. The number of aryl methyl sites for hydroxylation is 2. The van der Waals surface area contributed by atoms with Gasteiger partial charge in [0, 0.05) is 26.2 Å². The maximum absolute atomic E-state index is 12.8. The first-order valence-corrected chi connectivity index (χ1v) is 10.4. The molecule has 6 heteroatoms. The van der Waals surface area contributed by atoms with Gasteiger partial charge >= 0.3 is 0 Å². The van der Waals surface area contributed by atoms with E-state index in [-0.39, 0.29) is 5.91 Å². The van der Waals surface area contributed by atoms with Crippen LogP contribution in [0.1, 0.15) is 16.7 Å². The van der Waals surface area contributed by atoms with Crippen LogP contribution in [0.2, 0.25) is 0 Å². The Morgan fingerprint density at radius 1 is 1.14 bits per heavy atom. The summed E-state index contributed by atoms with van der Waals surface area (Å²) in [6.07, 6.45) is 0.477. The molecule has 0 atom stereocenters. The molecule has 0 spiro atoms. The number of anilines is 1. The van der Waals surface area contributed by atoms with E-state index in [2.05, 4.69) is 43.0 Å². The lowest BCUT2D eigenvalue weighted by Crippen LogP contribution is -2.49. The fourth-order valence-corrected chi connectivity index (χ4v) is 4.71. The van der Waals surface area contributed by atoms with Crippen molar-refractivity contribution >= 4 is 32.6 Å². The van der Waals surface area contributed by atoms with Crippen molar-refractivity contribution in [2.45, 2.75) is 20.3 Å². The lowest BCUT2D eigenvalue weighted by molar-refractivity contribution is -0.130. The van der Waals surface area contributed by atoms with Gasteiger partial charge in [-0.25, -0.2) is 4.98 Å². The van der Waals surface area contributed by atoms with E-state index < -0.39 is 0 Å². The quantitative estimate of drug-likeness (QED) is 0.674. The number of aromatic nitrogens is 1. The van der Waals surface area contributed by atoms with Crippen molar-refractivity contribution < 1.29 is 9.53 Å². The van der Waals surface area contributed by atoms with Crippen LogP contribution in [-0.2, 0) is 11.2 Å². The molecule has 1 aromatic heterocycles. The third-order valence-corrected chi connectivity index (χ3v) is 6.41. The summed E-state index contributed by atoms with van der Waals surface area (Å²) in [6.45, 7) is 7.24. The van der Waals surface area contributed by atoms with Crippen LogP contribution in [0.5, 0.6) is 5.75 Å². The van der Waals surface area contributed by atoms with E-state index >= 15 is 0 Å². The molecule has 1 aliphatic heterocycles. The highest BCUT2D eigenvalue weighted by Crippen LogP contribution is 2.34. The van der Waals surface area contributed by atoms with E-state index in [0.717, 1.165) is 52.8 Å². The predicted molar refractivity (Wildman–Crippen MR) is 115 cm³/mol. The molecule has 0 radical (unpaired) electrons. The number of methoxy groups -OCH3 is 1. The Kier molecular flexibility index (Phi) is 5.22. The highest BCUT2D eigenvalue weighted by Gasteiger charge is 2.24. The Labute approximate surface area is 169 Å². The molecule has 1 amide bonds. The number of para-hydroxylation sites is 1. The fourth-order valence-electron chi connectivity index (χ4n) is 3.68. The van der Waals surface area contributed by atoms with Gasteiger partial charge in [-0.3, -0.25) is 4.79 Å². The molecule has 146 valence electrons. The second kappa shape index (κ2) is 7.80. The summed E-state index contributed by atoms with van der Waals surface area (Å²) in [5, 5.41) is 1.00. The van der Waals surface area contributed by atoms with Crippen molar-refractivity contribution in [2.24, 2.45) is 0 Å². The van der Waals surface area contributed by atoms with E-state index in [9.17, 15) is 4.79 Å². The summed E-state index contributed by atoms with van der Waals surface area (Å²) >= 11 is 1.68. The number of piperazine rings is 1. The van der Waals surface area contributed by atoms with Crippen molar-refractivity contribution in [3.63, 3.8) is 0 Å². The number of hydrogen-bond acceptors (Lipinski definition) is 5. The highest BCUT2D eigenvalue weighted by atomic mass is 32.1. The van der Waals surface area contributed by atoms with Gasteiger partial charge in [-0.2, -0.15) is 0 Å². The van der Waals surface area contributed by atoms with Crippen LogP contribution >= 0.6 is 11.3 Å². The summed E-state index contributed by atoms with van der Waals surface area (Å²) in [5.74, 6) is 1.01. The average molecular weight is 396 g/mol. The minimum atomic E-state index is 0.206. The van der Waals surface area contributed by atoms with Crippen molar-refractivity contribution in [3.8, 4) is 5.75 Å². The second-order valence-electron chi connectivity index (χ2n) is 7.28. The first kappa shape index (κ1) is 18.7. The molecule has 0 saturated carbocycles. The van der Waals surface area contributed by atoms with Gasteiger partial charge in [0.25, 0.3) is 0 Å². The normalized spacial score (nSPS) is 14.5. The Hall–Kier alpha value is -2.60. The third-order valence-electron chi connectivity index (χ3n) is 5.33. The van der Waals surface area contributed by atoms with Crippen LogP contribution in [0.3, 0.4) is 0 Å². The van der Waals surface area contributed by atoms with Gasteiger partial charge in [0.05, 0.1) is 18.2 Å².